The zero-order valence-electron chi connectivity index (χ0n) is 16.9. The molecule has 1 atom stereocenters. The van der Waals surface area contributed by atoms with Crippen LogP contribution in [0.1, 0.15) is 26.9 Å². The maximum absolute atomic E-state index is 12.6. The van der Waals surface area contributed by atoms with Crippen LogP contribution in [0.2, 0.25) is 5.02 Å². The van der Waals surface area contributed by atoms with E-state index in [1.807, 2.05) is 41.3 Å². The van der Waals surface area contributed by atoms with Crippen LogP contribution in [0.25, 0.3) is 0 Å². The number of hydrogen-bond donors (Lipinski definition) is 1. The minimum absolute atomic E-state index is 0.0945. The molecule has 2 heterocycles. The molecule has 1 aliphatic heterocycles. The topological polar surface area (TPSA) is 75.2 Å². The number of aromatic nitrogens is 2. The van der Waals surface area contributed by atoms with Gasteiger partial charge in [-0.3, -0.25) is 14.9 Å². The quantitative estimate of drug-likeness (QED) is 0.249. The van der Waals surface area contributed by atoms with Crippen molar-refractivity contribution >= 4 is 63.4 Å². The van der Waals surface area contributed by atoms with Crippen LogP contribution in [0, 0.1) is 0 Å². The van der Waals surface area contributed by atoms with E-state index >= 15 is 0 Å². The van der Waals surface area contributed by atoms with Crippen molar-refractivity contribution in [3.8, 4) is 0 Å². The summed E-state index contributed by atoms with van der Waals surface area (Å²) in [5.74, 6) is 1.02. The van der Waals surface area contributed by atoms with Crippen molar-refractivity contribution in [1.29, 1.82) is 0 Å². The Balaban J connectivity index is 1.42. The molecule has 0 spiro atoms. The number of carbonyl (C=O) groups is 2. The summed E-state index contributed by atoms with van der Waals surface area (Å²) in [5.41, 5.74) is 2.52. The number of benzene rings is 2. The first-order valence-corrected chi connectivity index (χ1v) is 12.9. The summed E-state index contributed by atoms with van der Waals surface area (Å²) in [7, 11) is 0. The fourth-order valence-corrected chi connectivity index (χ4v) is 5.93. The molecule has 10 heteroatoms. The first-order valence-electron chi connectivity index (χ1n) is 9.67. The molecular formula is C22H19ClN4O2S3. The maximum Gasteiger partial charge on any atom is 0.257 e. The molecule has 0 saturated carbocycles. The summed E-state index contributed by atoms with van der Waals surface area (Å²) in [6, 6.07) is 14.8. The molecule has 2 amide bonds. The number of amides is 2. The summed E-state index contributed by atoms with van der Waals surface area (Å²) in [5, 5.41) is 11.9. The van der Waals surface area contributed by atoms with Crippen molar-refractivity contribution in [2.75, 3.05) is 16.8 Å². The van der Waals surface area contributed by atoms with Crippen LogP contribution < -0.4 is 5.32 Å². The van der Waals surface area contributed by atoms with Crippen LogP contribution in [-0.4, -0.2) is 38.4 Å². The Hall–Kier alpha value is -2.33. The summed E-state index contributed by atoms with van der Waals surface area (Å²) in [4.78, 5) is 26.9. The Morgan fingerprint density at radius 1 is 1.22 bits per heavy atom. The van der Waals surface area contributed by atoms with Gasteiger partial charge in [0.2, 0.25) is 11.0 Å². The van der Waals surface area contributed by atoms with E-state index in [0.717, 1.165) is 21.2 Å². The molecule has 1 aromatic heterocycles. The number of halogens is 1. The predicted molar refractivity (Wildman–Crippen MR) is 132 cm³/mol. The number of carbonyl (C=O) groups excluding carboxylic acids is 2. The monoisotopic (exact) mass is 502 g/mol. The predicted octanol–water partition coefficient (Wildman–Crippen LogP) is 5.50. The van der Waals surface area contributed by atoms with Crippen molar-refractivity contribution in [2.24, 2.45) is 0 Å². The molecule has 6 nitrogen and oxygen atoms in total. The lowest BCUT2D eigenvalue weighted by molar-refractivity contribution is -0.128. The molecule has 0 bridgehead atoms. The first-order chi connectivity index (χ1) is 15.5. The van der Waals surface area contributed by atoms with Gasteiger partial charge in [0, 0.05) is 22.9 Å². The minimum Gasteiger partial charge on any atom is -0.322 e. The lowest BCUT2D eigenvalue weighted by Gasteiger charge is -2.24. The molecule has 1 aliphatic rings. The SMILES string of the molecule is C=CCSc1nnc(NC(=O)c2ccc([C@@H]3SCC(=O)N3Cc3ccc(Cl)cc3)cc2)s1. The lowest BCUT2D eigenvalue weighted by atomic mass is 10.1. The Bertz CT molecular complexity index is 1120. The van der Waals surface area contributed by atoms with E-state index in [1.54, 1.807) is 30.0 Å². The Kier molecular flexibility index (Phi) is 7.51. The second-order valence-corrected chi connectivity index (χ2v) is 10.6. The highest BCUT2D eigenvalue weighted by molar-refractivity contribution is 8.01. The molecule has 2 aromatic carbocycles. The highest BCUT2D eigenvalue weighted by Crippen LogP contribution is 2.39. The maximum atomic E-state index is 12.6. The Morgan fingerprint density at radius 2 is 1.97 bits per heavy atom. The lowest BCUT2D eigenvalue weighted by Crippen LogP contribution is -2.27. The molecule has 1 N–H and O–H groups in total. The zero-order chi connectivity index (χ0) is 22.5. The van der Waals surface area contributed by atoms with Gasteiger partial charge in [-0.15, -0.1) is 28.5 Å². The standard InChI is InChI=1S/C22H19ClN4O2S3/c1-2-11-30-22-26-25-21(32-22)24-19(29)15-5-7-16(8-6-15)20-27(18(28)13-31-20)12-14-3-9-17(23)10-4-14/h2-10,20H,1,11-13H2,(H,24,25,29)/t20-/m0/s1. The van der Waals surface area contributed by atoms with Gasteiger partial charge in [-0.25, -0.2) is 0 Å². The third kappa shape index (κ3) is 5.53. The largest absolute Gasteiger partial charge is 0.322 e. The molecule has 0 unspecified atom stereocenters. The van der Waals surface area contributed by atoms with E-state index in [4.69, 9.17) is 11.6 Å². The summed E-state index contributed by atoms with van der Waals surface area (Å²) in [6.07, 6.45) is 1.79. The molecule has 164 valence electrons. The highest BCUT2D eigenvalue weighted by Gasteiger charge is 2.32. The fourth-order valence-electron chi connectivity index (χ4n) is 3.10. The van der Waals surface area contributed by atoms with Gasteiger partial charge >= 0.3 is 0 Å². The van der Waals surface area contributed by atoms with Crippen molar-refractivity contribution in [2.45, 2.75) is 16.3 Å². The number of anilines is 1. The summed E-state index contributed by atoms with van der Waals surface area (Å²) >= 11 is 10.4. The summed E-state index contributed by atoms with van der Waals surface area (Å²) in [6.45, 7) is 4.19. The molecule has 3 aromatic rings. The Labute approximate surface area is 203 Å². The van der Waals surface area contributed by atoms with Gasteiger partial charge in [0.25, 0.3) is 5.91 Å². The minimum atomic E-state index is -0.249. The molecular weight excluding hydrogens is 484 g/mol. The molecule has 0 aliphatic carbocycles. The van der Waals surface area contributed by atoms with Gasteiger partial charge in [-0.1, -0.05) is 65.0 Å². The van der Waals surface area contributed by atoms with Crippen LogP contribution in [0.5, 0.6) is 0 Å². The van der Waals surface area contributed by atoms with E-state index in [2.05, 4.69) is 22.1 Å². The normalized spacial score (nSPS) is 15.7. The van der Waals surface area contributed by atoms with Gasteiger partial charge in [-0.2, -0.15) is 0 Å². The smallest absolute Gasteiger partial charge is 0.257 e. The molecule has 4 rings (SSSR count). The van der Waals surface area contributed by atoms with Crippen LogP contribution in [0.15, 0.2) is 65.5 Å². The van der Waals surface area contributed by atoms with Crippen LogP contribution >= 0.6 is 46.5 Å². The highest BCUT2D eigenvalue weighted by atomic mass is 35.5. The van der Waals surface area contributed by atoms with Crippen LogP contribution in [0.4, 0.5) is 5.13 Å². The van der Waals surface area contributed by atoms with E-state index < -0.39 is 0 Å². The fraction of sp³-hybridized carbons (Fsp3) is 0.182. The Morgan fingerprint density at radius 3 is 2.69 bits per heavy atom. The second kappa shape index (κ2) is 10.5. The molecule has 32 heavy (non-hydrogen) atoms. The van der Waals surface area contributed by atoms with Crippen molar-refractivity contribution < 1.29 is 9.59 Å². The average Bonchev–Trinajstić information content (AvgIpc) is 3.40. The number of nitrogens with one attached hydrogen (secondary N) is 1. The van der Waals surface area contributed by atoms with Gasteiger partial charge < -0.3 is 4.90 Å². The third-order valence-corrected chi connectivity index (χ3v) is 8.12. The van der Waals surface area contributed by atoms with Crippen LogP contribution in [0.3, 0.4) is 0 Å². The van der Waals surface area contributed by atoms with Gasteiger partial charge in [0.15, 0.2) is 4.34 Å². The summed E-state index contributed by atoms with van der Waals surface area (Å²) < 4.78 is 0.777. The van der Waals surface area contributed by atoms with Gasteiger partial charge in [-0.05, 0) is 35.4 Å². The van der Waals surface area contributed by atoms with Crippen LogP contribution in [-0.2, 0) is 11.3 Å². The van der Waals surface area contributed by atoms with Crippen molar-refractivity contribution in [3.05, 3.63) is 82.9 Å². The van der Waals surface area contributed by atoms with E-state index in [9.17, 15) is 9.59 Å². The number of nitrogens with zero attached hydrogens (tertiary/aromatic N) is 3. The number of hydrogen-bond acceptors (Lipinski definition) is 7. The number of thioether (sulfide) groups is 2. The zero-order valence-corrected chi connectivity index (χ0v) is 20.1. The molecule has 1 fully saturated rings. The van der Waals surface area contributed by atoms with Gasteiger partial charge in [0.1, 0.15) is 5.37 Å². The molecule has 0 radical (unpaired) electrons. The second-order valence-electron chi connectivity index (χ2n) is 6.86. The average molecular weight is 503 g/mol. The first kappa shape index (κ1) is 22.8. The van der Waals surface area contributed by atoms with E-state index in [0.29, 0.717) is 28.0 Å². The van der Waals surface area contributed by atoms with E-state index in [-0.39, 0.29) is 17.2 Å². The van der Waals surface area contributed by atoms with E-state index in [1.165, 1.54) is 23.1 Å². The third-order valence-electron chi connectivity index (χ3n) is 4.64. The van der Waals surface area contributed by atoms with Crippen molar-refractivity contribution in [3.63, 3.8) is 0 Å². The molecule has 1 saturated heterocycles. The number of rotatable bonds is 8. The van der Waals surface area contributed by atoms with Gasteiger partial charge in [0.05, 0.1) is 5.75 Å². The van der Waals surface area contributed by atoms with Crippen molar-refractivity contribution in [1.82, 2.24) is 15.1 Å².